The lowest BCUT2D eigenvalue weighted by atomic mass is 9.93. The molecule has 180 valence electrons. The molecule has 1 amide bonds. The van der Waals surface area contributed by atoms with Crippen LogP contribution in [-0.2, 0) is 17.8 Å². The fraction of sp³-hybridized carbons (Fsp3) is 0.407. The van der Waals surface area contributed by atoms with Crippen molar-refractivity contribution in [1.82, 2.24) is 9.47 Å². The molecule has 0 aliphatic heterocycles. The van der Waals surface area contributed by atoms with Crippen molar-refractivity contribution in [3.8, 4) is 0 Å². The highest BCUT2D eigenvalue weighted by atomic mass is 35.5. The molecule has 3 N–H and O–H groups in total. The molecular weight excluding hydrogens is 450 g/mol. The maximum Gasteiger partial charge on any atom is 0.262 e. The SMILES string of the molecule is Cc1c(CC(=O)N(CCN)C2CCCCC2)c2cc(CO)ccc2n1C(=O)c1ccc(Cl)cc1. The molecule has 1 heterocycles. The quantitative estimate of drug-likeness (QED) is 0.522. The van der Waals surface area contributed by atoms with Gasteiger partial charge in [-0.05, 0) is 67.3 Å². The summed E-state index contributed by atoms with van der Waals surface area (Å²) in [5.74, 6) is -0.145. The molecule has 0 atom stereocenters. The molecule has 0 bridgehead atoms. The molecule has 7 heteroatoms. The number of aliphatic hydroxyl groups excluding tert-OH is 1. The summed E-state index contributed by atoms with van der Waals surface area (Å²) < 4.78 is 1.66. The van der Waals surface area contributed by atoms with E-state index in [-0.39, 0.29) is 30.9 Å². The normalized spacial score (nSPS) is 14.5. The maximum atomic E-state index is 13.6. The number of fused-ring (bicyclic) bond motifs is 1. The van der Waals surface area contributed by atoms with Gasteiger partial charge in [-0.1, -0.05) is 36.9 Å². The van der Waals surface area contributed by atoms with Crippen molar-refractivity contribution >= 4 is 34.3 Å². The molecule has 0 saturated heterocycles. The standard InChI is InChI=1S/C27H32ClN3O3/c1-18-23(16-26(33)30(14-13-29)22-5-3-2-4-6-22)24-15-19(17-32)7-12-25(24)31(18)27(34)20-8-10-21(28)11-9-20/h7-12,15,22,32H,2-6,13-14,16-17,29H2,1H3. The van der Waals surface area contributed by atoms with Crippen molar-refractivity contribution < 1.29 is 14.7 Å². The number of carbonyl (C=O) groups is 2. The number of carbonyl (C=O) groups excluding carboxylic acids is 2. The zero-order valence-electron chi connectivity index (χ0n) is 19.6. The van der Waals surface area contributed by atoms with Crippen LogP contribution in [-0.4, -0.2) is 45.5 Å². The minimum absolute atomic E-state index is 0.0350. The van der Waals surface area contributed by atoms with Gasteiger partial charge in [-0.15, -0.1) is 0 Å². The molecule has 2 aromatic carbocycles. The topological polar surface area (TPSA) is 88.6 Å². The van der Waals surface area contributed by atoms with Gasteiger partial charge in [0, 0.05) is 40.8 Å². The summed E-state index contributed by atoms with van der Waals surface area (Å²) in [6, 6.07) is 12.5. The molecule has 0 radical (unpaired) electrons. The van der Waals surface area contributed by atoms with Crippen LogP contribution in [0.3, 0.4) is 0 Å². The monoisotopic (exact) mass is 481 g/mol. The number of aliphatic hydroxyl groups is 1. The van der Waals surface area contributed by atoms with E-state index in [1.165, 1.54) is 6.42 Å². The number of hydrogen-bond donors (Lipinski definition) is 2. The number of nitrogens with zero attached hydrogens (tertiary/aromatic N) is 2. The Bertz CT molecular complexity index is 1180. The Balaban J connectivity index is 1.75. The van der Waals surface area contributed by atoms with E-state index in [1.54, 1.807) is 28.8 Å². The molecule has 1 aliphatic rings. The van der Waals surface area contributed by atoms with Crippen LogP contribution in [0.15, 0.2) is 42.5 Å². The van der Waals surface area contributed by atoms with E-state index in [4.69, 9.17) is 17.3 Å². The summed E-state index contributed by atoms with van der Waals surface area (Å²) in [6.45, 7) is 2.72. The fourth-order valence-corrected chi connectivity index (χ4v) is 5.26. The summed E-state index contributed by atoms with van der Waals surface area (Å²) in [7, 11) is 0. The summed E-state index contributed by atoms with van der Waals surface area (Å²) in [6.07, 6.45) is 5.69. The van der Waals surface area contributed by atoms with E-state index >= 15 is 0 Å². The first-order valence-corrected chi connectivity index (χ1v) is 12.4. The number of amides is 1. The van der Waals surface area contributed by atoms with Crippen LogP contribution in [0, 0.1) is 6.92 Å². The Labute approximate surface area is 205 Å². The molecule has 1 aliphatic carbocycles. The van der Waals surface area contributed by atoms with Crippen molar-refractivity contribution in [3.63, 3.8) is 0 Å². The first-order valence-electron chi connectivity index (χ1n) is 12.0. The largest absolute Gasteiger partial charge is 0.392 e. The van der Waals surface area contributed by atoms with Gasteiger partial charge in [0.1, 0.15) is 0 Å². The van der Waals surface area contributed by atoms with E-state index in [0.717, 1.165) is 53.4 Å². The third-order valence-electron chi connectivity index (χ3n) is 6.91. The Morgan fingerprint density at radius 2 is 1.82 bits per heavy atom. The number of hydrogen-bond acceptors (Lipinski definition) is 4. The van der Waals surface area contributed by atoms with Crippen molar-refractivity contribution in [2.45, 2.75) is 58.1 Å². The number of benzene rings is 2. The second kappa shape index (κ2) is 10.7. The van der Waals surface area contributed by atoms with E-state index in [9.17, 15) is 14.7 Å². The highest BCUT2D eigenvalue weighted by molar-refractivity contribution is 6.30. The molecule has 1 aromatic heterocycles. The molecule has 0 unspecified atom stereocenters. The van der Waals surface area contributed by atoms with E-state index in [2.05, 4.69) is 0 Å². The highest BCUT2D eigenvalue weighted by Crippen LogP contribution is 2.30. The number of rotatable bonds is 7. The lowest BCUT2D eigenvalue weighted by molar-refractivity contribution is -0.133. The summed E-state index contributed by atoms with van der Waals surface area (Å²) >= 11 is 6.01. The van der Waals surface area contributed by atoms with Gasteiger partial charge < -0.3 is 15.7 Å². The minimum Gasteiger partial charge on any atom is -0.392 e. The van der Waals surface area contributed by atoms with Gasteiger partial charge in [-0.2, -0.15) is 0 Å². The summed E-state index contributed by atoms with van der Waals surface area (Å²) in [5, 5.41) is 11.1. The smallest absolute Gasteiger partial charge is 0.262 e. The van der Waals surface area contributed by atoms with Crippen molar-refractivity contribution in [1.29, 1.82) is 0 Å². The van der Waals surface area contributed by atoms with Crippen LogP contribution < -0.4 is 5.73 Å². The van der Waals surface area contributed by atoms with Crippen LogP contribution in [0.5, 0.6) is 0 Å². The Kier molecular flexibility index (Phi) is 7.71. The van der Waals surface area contributed by atoms with Crippen LogP contribution in [0.25, 0.3) is 10.9 Å². The third-order valence-corrected chi connectivity index (χ3v) is 7.16. The predicted molar refractivity (Wildman–Crippen MR) is 135 cm³/mol. The number of nitrogens with two attached hydrogens (primary N) is 1. The minimum atomic E-state index is -0.180. The molecule has 6 nitrogen and oxygen atoms in total. The Morgan fingerprint density at radius 3 is 2.47 bits per heavy atom. The van der Waals surface area contributed by atoms with Gasteiger partial charge in [-0.3, -0.25) is 14.2 Å². The van der Waals surface area contributed by atoms with Gasteiger partial charge in [0.25, 0.3) is 5.91 Å². The van der Waals surface area contributed by atoms with Crippen molar-refractivity contribution in [3.05, 3.63) is 69.9 Å². The third kappa shape index (κ3) is 4.90. The first kappa shape index (κ1) is 24.5. The second-order valence-corrected chi connectivity index (χ2v) is 9.50. The summed E-state index contributed by atoms with van der Waals surface area (Å²) in [5.41, 5.74) is 9.39. The lowest BCUT2D eigenvalue weighted by Crippen LogP contribution is -2.44. The van der Waals surface area contributed by atoms with Crippen LogP contribution >= 0.6 is 11.6 Å². The first-order chi connectivity index (χ1) is 16.4. The predicted octanol–water partition coefficient (Wildman–Crippen LogP) is 4.45. The molecule has 1 saturated carbocycles. The van der Waals surface area contributed by atoms with Crippen LogP contribution in [0.1, 0.15) is 59.3 Å². The van der Waals surface area contributed by atoms with Crippen molar-refractivity contribution in [2.24, 2.45) is 5.73 Å². The molecule has 0 spiro atoms. The second-order valence-electron chi connectivity index (χ2n) is 9.07. The fourth-order valence-electron chi connectivity index (χ4n) is 5.13. The Morgan fingerprint density at radius 1 is 1.12 bits per heavy atom. The van der Waals surface area contributed by atoms with Crippen LogP contribution in [0.2, 0.25) is 5.02 Å². The zero-order valence-corrected chi connectivity index (χ0v) is 20.4. The van der Waals surface area contributed by atoms with E-state index in [1.807, 2.05) is 30.0 Å². The van der Waals surface area contributed by atoms with Gasteiger partial charge in [0.15, 0.2) is 0 Å². The molecule has 4 rings (SSSR count). The van der Waals surface area contributed by atoms with Gasteiger partial charge in [0.05, 0.1) is 18.5 Å². The number of aromatic nitrogens is 1. The zero-order chi connectivity index (χ0) is 24.2. The average Bonchev–Trinajstić information content (AvgIpc) is 3.13. The maximum absolute atomic E-state index is 13.6. The number of halogens is 1. The van der Waals surface area contributed by atoms with Gasteiger partial charge in [-0.25, -0.2) is 0 Å². The van der Waals surface area contributed by atoms with Crippen molar-refractivity contribution in [2.75, 3.05) is 13.1 Å². The lowest BCUT2D eigenvalue weighted by Gasteiger charge is -2.34. The van der Waals surface area contributed by atoms with Crippen LogP contribution in [0.4, 0.5) is 0 Å². The average molecular weight is 482 g/mol. The molecule has 34 heavy (non-hydrogen) atoms. The molecular formula is C27H32ClN3O3. The molecule has 3 aromatic rings. The van der Waals surface area contributed by atoms with E-state index < -0.39 is 0 Å². The highest BCUT2D eigenvalue weighted by Gasteiger charge is 2.28. The van der Waals surface area contributed by atoms with Gasteiger partial charge >= 0.3 is 0 Å². The molecule has 1 fully saturated rings. The van der Waals surface area contributed by atoms with E-state index in [0.29, 0.717) is 23.7 Å². The summed E-state index contributed by atoms with van der Waals surface area (Å²) in [4.78, 5) is 29.0. The Hall–Kier alpha value is -2.67. The van der Waals surface area contributed by atoms with Gasteiger partial charge in [0.2, 0.25) is 5.91 Å².